The van der Waals surface area contributed by atoms with Crippen LogP contribution in [0.4, 0.5) is 0 Å². The van der Waals surface area contributed by atoms with Crippen LogP contribution in [-0.4, -0.2) is 11.5 Å². The Hall–Kier alpha value is -0.890. The zero-order valence-electron chi connectivity index (χ0n) is 10.0. The van der Waals surface area contributed by atoms with Gasteiger partial charge in [0.05, 0.1) is 0 Å². The van der Waals surface area contributed by atoms with E-state index in [0.29, 0.717) is 6.04 Å². The first-order valence-electron chi connectivity index (χ1n) is 5.87. The average Bonchev–Trinajstić information content (AvgIpc) is 2.25. The van der Waals surface area contributed by atoms with Crippen molar-refractivity contribution in [3.8, 4) is 0 Å². The van der Waals surface area contributed by atoms with Crippen molar-refractivity contribution < 1.29 is 0 Å². The molecule has 0 saturated carbocycles. The molecule has 84 valence electrons. The van der Waals surface area contributed by atoms with Crippen LogP contribution in [0.1, 0.15) is 45.2 Å². The molecular formula is C13H22N2. The van der Waals surface area contributed by atoms with Crippen molar-refractivity contribution in [1.29, 1.82) is 0 Å². The second-order valence-corrected chi connectivity index (χ2v) is 4.36. The fourth-order valence-electron chi connectivity index (χ4n) is 1.73. The van der Waals surface area contributed by atoms with Gasteiger partial charge < -0.3 is 5.32 Å². The normalized spacial score (nSPS) is 13.1. The lowest BCUT2D eigenvalue weighted by Crippen LogP contribution is -2.21. The van der Waals surface area contributed by atoms with Gasteiger partial charge in [0.1, 0.15) is 0 Å². The number of pyridine rings is 1. The zero-order valence-corrected chi connectivity index (χ0v) is 10.0. The number of hydrogen-bond donors (Lipinski definition) is 1. The van der Waals surface area contributed by atoms with Gasteiger partial charge in [0.2, 0.25) is 0 Å². The van der Waals surface area contributed by atoms with Crippen molar-refractivity contribution in [3.63, 3.8) is 0 Å². The van der Waals surface area contributed by atoms with Crippen LogP contribution in [-0.2, 0) is 0 Å². The van der Waals surface area contributed by atoms with Crippen molar-refractivity contribution in [3.05, 3.63) is 30.1 Å². The van der Waals surface area contributed by atoms with E-state index in [2.05, 4.69) is 43.2 Å². The highest BCUT2D eigenvalue weighted by Crippen LogP contribution is 2.20. The van der Waals surface area contributed by atoms with E-state index < -0.39 is 0 Å². The lowest BCUT2D eigenvalue weighted by atomic mass is 9.98. The molecule has 1 atom stereocenters. The minimum Gasteiger partial charge on any atom is -0.310 e. The van der Waals surface area contributed by atoms with E-state index in [-0.39, 0.29) is 0 Å². The molecule has 1 rings (SSSR count). The maximum Gasteiger partial charge on any atom is 0.0321 e. The molecule has 0 aliphatic rings. The first-order valence-corrected chi connectivity index (χ1v) is 5.87. The van der Waals surface area contributed by atoms with Gasteiger partial charge in [-0.25, -0.2) is 0 Å². The third-order valence-corrected chi connectivity index (χ3v) is 2.59. The Morgan fingerprint density at radius 2 is 1.87 bits per heavy atom. The lowest BCUT2D eigenvalue weighted by molar-refractivity contribution is 0.448. The van der Waals surface area contributed by atoms with E-state index in [9.17, 15) is 0 Å². The molecule has 0 spiro atoms. The number of aromatic nitrogens is 1. The standard InChI is InChI=1S/C13H22N2/c1-4-15-13(6-5-11(2)3)12-7-9-14-10-8-12/h7-11,13,15H,4-6H2,1-3H3. The van der Waals surface area contributed by atoms with Crippen LogP contribution in [0.5, 0.6) is 0 Å². The summed E-state index contributed by atoms with van der Waals surface area (Å²) in [7, 11) is 0. The Morgan fingerprint density at radius 3 is 2.40 bits per heavy atom. The Morgan fingerprint density at radius 1 is 1.20 bits per heavy atom. The van der Waals surface area contributed by atoms with E-state index >= 15 is 0 Å². The molecule has 0 bridgehead atoms. The van der Waals surface area contributed by atoms with Gasteiger partial charge in [-0.2, -0.15) is 0 Å². The summed E-state index contributed by atoms with van der Waals surface area (Å²) in [5, 5.41) is 3.53. The van der Waals surface area contributed by atoms with Crippen LogP contribution in [0.25, 0.3) is 0 Å². The minimum atomic E-state index is 0.486. The van der Waals surface area contributed by atoms with Crippen molar-refractivity contribution in [1.82, 2.24) is 10.3 Å². The number of rotatable bonds is 6. The molecule has 15 heavy (non-hydrogen) atoms. The van der Waals surface area contributed by atoms with Crippen molar-refractivity contribution in [2.45, 2.75) is 39.7 Å². The monoisotopic (exact) mass is 206 g/mol. The molecule has 1 aromatic heterocycles. The summed E-state index contributed by atoms with van der Waals surface area (Å²) < 4.78 is 0. The Kier molecular flexibility index (Phi) is 5.33. The molecule has 0 fully saturated rings. The van der Waals surface area contributed by atoms with Gasteiger partial charge in [0, 0.05) is 18.4 Å². The van der Waals surface area contributed by atoms with E-state index in [0.717, 1.165) is 12.5 Å². The van der Waals surface area contributed by atoms with Crippen molar-refractivity contribution >= 4 is 0 Å². The van der Waals surface area contributed by atoms with Gasteiger partial charge in [-0.3, -0.25) is 4.98 Å². The predicted molar refractivity (Wildman–Crippen MR) is 64.7 cm³/mol. The summed E-state index contributed by atoms with van der Waals surface area (Å²) in [6.45, 7) is 7.72. The Labute approximate surface area is 93.1 Å². The SMILES string of the molecule is CCNC(CCC(C)C)c1ccncc1. The predicted octanol–water partition coefficient (Wildman–Crippen LogP) is 3.17. The molecule has 1 aromatic rings. The third kappa shape index (κ3) is 4.43. The molecule has 0 aromatic carbocycles. The fourth-order valence-corrected chi connectivity index (χ4v) is 1.73. The first-order chi connectivity index (χ1) is 7.24. The summed E-state index contributed by atoms with van der Waals surface area (Å²) in [5.41, 5.74) is 1.35. The molecule has 1 N–H and O–H groups in total. The van der Waals surface area contributed by atoms with Crippen LogP contribution in [0.15, 0.2) is 24.5 Å². The van der Waals surface area contributed by atoms with Crippen LogP contribution in [0.2, 0.25) is 0 Å². The molecule has 1 unspecified atom stereocenters. The van der Waals surface area contributed by atoms with E-state index in [1.165, 1.54) is 18.4 Å². The van der Waals surface area contributed by atoms with Crippen LogP contribution in [0.3, 0.4) is 0 Å². The molecule has 0 radical (unpaired) electrons. The number of nitrogens with one attached hydrogen (secondary N) is 1. The summed E-state index contributed by atoms with van der Waals surface area (Å²) >= 11 is 0. The second kappa shape index (κ2) is 6.57. The first kappa shape index (κ1) is 12.2. The Bertz CT molecular complexity index is 256. The average molecular weight is 206 g/mol. The van der Waals surface area contributed by atoms with Crippen molar-refractivity contribution in [2.24, 2.45) is 5.92 Å². The largest absolute Gasteiger partial charge is 0.310 e. The van der Waals surface area contributed by atoms with Crippen LogP contribution >= 0.6 is 0 Å². The van der Waals surface area contributed by atoms with Crippen molar-refractivity contribution in [2.75, 3.05) is 6.54 Å². The minimum absolute atomic E-state index is 0.486. The highest BCUT2D eigenvalue weighted by atomic mass is 14.9. The lowest BCUT2D eigenvalue weighted by Gasteiger charge is -2.19. The molecule has 0 aliphatic carbocycles. The van der Waals surface area contributed by atoms with Crippen LogP contribution < -0.4 is 5.32 Å². The van der Waals surface area contributed by atoms with E-state index in [1.807, 2.05) is 12.4 Å². The second-order valence-electron chi connectivity index (χ2n) is 4.36. The number of nitrogens with zero attached hydrogens (tertiary/aromatic N) is 1. The smallest absolute Gasteiger partial charge is 0.0321 e. The summed E-state index contributed by atoms with van der Waals surface area (Å²) in [6, 6.07) is 4.70. The summed E-state index contributed by atoms with van der Waals surface area (Å²) in [4.78, 5) is 4.06. The molecule has 0 amide bonds. The third-order valence-electron chi connectivity index (χ3n) is 2.59. The highest BCUT2D eigenvalue weighted by molar-refractivity contribution is 5.14. The van der Waals surface area contributed by atoms with Gasteiger partial charge in [0.25, 0.3) is 0 Å². The van der Waals surface area contributed by atoms with Gasteiger partial charge >= 0.3 is 0 Å². The summed E-state index contributed by atoms with van der Waals surface area (Å²) in [5.74, 6) is 0.771. The molecule has 2 heteroatoms. The van der Waals surface area contributed by atoms with E-state index in [1.54, 1.807) is 0 Å². The maximum atomic E-state index is 4.06. The fraction of sp³-hybridized carbons (Fsp3) is 0.615. The molecule has 2 nitrogen and oxygen atoms in total. The zero-order chi connectivity index (χ0) is 11.1. The quantitative estimate of drug-likeness (QED) is 0.773. The molecule has 0 saturated heterocycles. The van der Waals surface area contributed by atoms with Gasteiger partial charge in [-0.05, 0) is 43.0 Å². The van der Waals surface area contributed by atoms with Gasteiger partial charge in [-0.1, -0.05) is 20.8 Å². The van der Waals surface area contributed by atoms with Gasteiger partial charge in [0.15, 0.2) is 0 Å². The highest BCUT2D eigenvalue weighted by Gasteiger charge is 2.10. The molecule has 0 aliphatic heterocycles. The van der Waals surface area contributed by atoms with Gasteiger partial charge in [-0.15, -0.1) is 0 Å². The molecule has 1 heterocycles. The van der Waals surface area contributed by atoms with E-state index in [4.69, 9.17) is 0 Å². The number of hydrogen-bond acceptors (Lipinski definition) is 2. The maximum absolute atomic E-state index is 4.06. The summed E-state index contributed by atoms with van der Waals surface area (Å²) in [6.07, 6.45) is 6.21. The molecular weight excluding hydrogens is 184 g/mol. The Balaban J connectivity index is 2.57. The van der Waals surface area contributed by atoms with Crippen LogP contribution in [0, 0.1) is 5.92 Å². The topological polar surface area (TPSA) is 24.9 Å².